The first-order chi connectivity index (χ1) is 15.4. The molecule has 3 N–H and O–H groups in total. The SMILES string of the molecule is CCNC(=NCCCCN1CCN(c2ccccc2)CC1)NCCNC(=O)OC(C)(C)C.I. The molecule has 1 aromatic carbocycles. The third kappa shape index (κ3) is 12.9. The lowest BCUT2D eigenvalue weighted by Gasteiger charge is -2.36. The summed E-state index contributed by atoms with van der Waals surface area (Å²) in [6, 6.07) is 10.7. The molecule has 1 amide bonds. The number of hydrogen-bond acceptors (Lipinski definition) is 5. The van der Waals surface area contributed by atoms with E-state index in [-0.39, 0.29) is 24.0 Å². The van der Waals surface area contributed by atoms with Crippen LogP contribution in [0.2, 0.25) is 0 Å². The van der Waals surface area contributed by atoms with E-state index in [1.165, 1.54) is 5.69 Å². The highest BCUT2D eigenvalue weighted by Crippen LogP contribution is 2.15. The number of benzene rings is 1. The van der Waals surface area contributed by atoms with Gasteiger partial charge >= 0.3 is 6.09 Å². The maximum Gasteiger partial charge on any atom is 0.407 e. The molecule has 1 aliphatic rings. The predicted molar refractivity (Wildman–Crippen MR) is 148 cm³/mol. The summed E-state index contributed by atoms with van der Waals surface area (Å²) in [5.74, 6) is 0.787. The normalized spacial score (nSPS) is 14.9. The molecular weight excluding hydrogens is 531 g/mol. The molecule has 1 heterocycles. The lowest BCUT2D eigenvalue weighted by atomic mass is 10.2. The van der Waals surface area contributed by atoms with Crippen LogP contribution in [0.1, 0.15) is 40.5 Å². The van der Waals surface area contributed by atoms with Crippen molar-refractivity contribution in [3.05, 3.63) is 30.3 Å². The number of para-hydroxylation sites is 1. The van der Waals surface area contributed by atoms with Gasteiger partial charge in [0, 0.05) is 58.0 Å². The van der Waals surface area contributed by atoms with Crippen LogP contribution >= 0.6 is 24.0 Å². The molecule has 188 valence electrons. The summed E-state index contributed by atoms with van der Waals surface area (Å²) in [5, 5.41) is 9.25. The minimum absolute atomic E-state index is 0. The minimum atomic E-state index is -0.483. The Balaban J connectivity index is 0.00000544. The first-order valence-corrected chi connectivity index (χ1v) is 11.9. The number of guanidine groups is 1. The Morgan fingerprint density at radius 2 is 1.67 bits per heavy atom. The van der Waals surface area contributed by atoms with Crippen LogP contribution in [0.4, 0.5) is 10.5 Å². The van der Waals surface area contributed by atoms with Crippen molar-refractivity contribution < 1.29 is 9.53 Å². The van der Waals surface area contributed by atoms with Gasteiger partial charge in [0.25, 0.3) is 0 Å². The molecule has 2 rings (SSSR count). The van der Waals surface area contributed by atoms with Crippen LogP contribution in [0.25, 0.3) is 0 Å². The van der Waals surface area contributed by atoms with Gasteiger partial charge < -0.3 is 25.6 Å². The van der Waals surface area contributed by atoms with Gasteiger partial charge in [-0.15, -0.1) is 24.0 Å². The molecule has 1 saturated heterocycles. The molecule has 0 spiro atoms. The summed E-state index contributed by atoms with van der Waals surface area (Å²) >= 11 is 0. The fourth-order valence-electron chi connectivity index (χ4n) is 3.51. The Morgan fingerprint density at radius 1 is 1.00 bits per heavy atom. The molecule has 1 aromatic rings. The van der Waals surface area contributed by atoms with Crippen molar-refractivity contribution in [2.75, 3.05) is 63.8 Å². The number of alkyl carbamates (subject to hydrolysis) is 1. The minimum Gasteiger partial charge on any atom is -0.444 e. The van der Waals surface area contributed by atoms with Gasteiger partial charge in [0.2, 0.25) is 0 Å². The van der Waals surface area contributed by atoms with Crippen LogP contribution in [0, 0.1) is 0 Å². The van der Waals surface area contributed by atoms with Gasteiger partial charge in [0.15, 0.2) is 5.96 Å². The highest BCUT2D eigenvalue weighted by atomic mass is 127. The fourth-order valence-corrected chi connectivity index (χ4v) is 3.51. The van der Waals surface area contributed by atoms with Gasteiger partial charge in [-0.1, -0.05) is 18.2 Å². The second-order valence-electron chi connectivity index (χ2n) is 8.99. The van der Waals surface area contributed by atoms with Gasteiger partial charge in [-0.2, -0.15) is 0 Å². The first-order valence-electron chi connectivity index (χ1n) is 11.9. The van der Waals surface area contributed by atoms with Gasteiger partial charge in [-0.25, -0.2) is 4.79 Å². The molecule has 9 heteroatoms. The molecule has 1 fully saturated rings. The zero-order valence-electron chi connectivity index (χ0n) is 20.7. The van der Waals surface area contributed by atoms with Crippen molar-refractivity contribution in [1.29, 1.82) is 0 Å². The standard InChI is InChI=1S/C24H42N6O2.HI/c1-5-25-22(27-14-15-28-23(31)32-24(2,3)4)26-13-9-10-16-29-17-19-30(20-18-29)21-11-7-6-8-12-21;/h6-8,11-12H,5,9-10,13-20H2,1-4H3,(H,28,31)(H2,25,26,27);1H. The Hall–Kier alpha value is -1.75. The Bertz CT molecular complexity index is 688. The van der Waals surface area contributed by atoms with E-state index in [9.17, 15) is 4.79 Å². The van der Waals surface area contributed by atoms with Crippen molar-refractivity contribution in [2.24, 2.45) is 4.99 Å². The topological polar surface area (TPSA) is 81.2 Å². The van der Waals surface area contributed by atoms with Gasteiger partial charge in [-0.3, -0.25) is 9.89 Å². The van der Waals surface area contributed by atoms with Crippen LogP contribution < -0.4 is 20.9 Å². The van der Waals surface area contributed by atoms with Crippen LogP contribution in [0.5, 0.6) is 0 Å². The average Bonchev–Trinajstić information content (AvgIpc) is 2.76. The summed E-state index contributed by atoms with van der Waals surface area (Å²) in [7, 11) is 0. The van der Waals surface area contributed by atoms with E-state index in [0.29, 0.717) is 13.1 Å². The van der Waals surface area contributed by atoms with Crippen molar-refractivity contribution >= 4 is 41.7 Å². The molecule has 33 heavy (non-hydrogen) atoms. The van der Waals surface area contributed by atoms with E-state index in [2.05, 4.69) is 61.1 Å². The van der Waals surface area contributed by atoms with Crippen LogP contribution in [0.15, 0.2) is 35.3 Å². The van der Waals surface area contributed by atoms with Crippen molar-refractivity contribution in [3.63, 3.8) is 0 Å². The van der Waals surface area contributed by atoms with Crippen LogP contribution in [-0.2, 0) is 4.74 Å². The van der Waals surface area contributed by atoms with E-state index in [0.717, 1.165) is 64.6 Å². The molecular formula is C24H43IN6O2. The molecule has 0 saturated carbocycles. The molecule has 0 aromatic heterocycles. The average molecular weight is 575 g/mol. The highest BCUT2D eigenvalue weighted by molar-refractivity contribution is 14.0. The number of aliphatic imine (C=N–C) groups is 1. The third-order valence-corrected chi connectivity index (χ3v) is 5.08. The van der Waals surface area contributed by atoms with Gasteiger partial charge in [0.05, 0.1) is 0 Å². The number of rotatable bonds is 10. The van der Waals surface area contributed by atoms with E-state index in [1.54, 1.807) is 0 Å². The van der Waals surface area contributed by atoms with Crippen molar-refractivity contribution in [2.45, 2.75) is 46.1 Å². The summed E-state index contributed by atoms with van der Waals surface area (Å²) < 4.78 is 5.23. The lowest BCUT2D eigenvalue weighted by Crippen LogP contribution is -2.46. The molecule has 0 bridgehead atoms. The number of amides is 1. The summed E-state index contributed by atoms with van der Waals surface area (Å²) in [6.07, 6.45) is 1.81. The summed E-state index contributed by atoms with van der Waals surface area (Å²) in [6.45, 7) is 15.8. The third-order valence-electron chi connectivity index (χ3n) is 5.08. The fraction of sp³-hybridized carbons (Fsp3) is 0.667. The van der Waals surface area contributed by atoms with Crippen LogP contribution in [-0.4, -0.2) is 81.5 Å². The maximum atomic E-state index is 11.7. The van der Waals surface area contributed by atoms with Crippen molar-refractivity contribution in [1.82, 2.24) is 20.9 Å². The second kappa shape index (κ2) is 16.0. The van der Waals surface area contributed by atoms with E-state index in [1.807, 2.05) is 27.7 Å². The number of ether oxygens (including phenoxy) is 1. The van der Waals surface area contributed by atoms with Gasteiger partial charge in [-0.05, 0) is 59.2 Å². The largest absolute Gasteiger partial charge is 0.444 e. The molecule has 0 unspecified atom stereocenters. The summed E-state index contributed by atoms with van der Waals surface area (Å²) in [5.41, 5.74) is 0.842. The quantitative estimate of drug-likeness (QED) is 0.172. The molecule has 8 nitrogen and oxygen atoms in total. The number of nitrogens with one attached hydrogen (secondary N) is 3. The summed E-state index contributed by atoms with van der Waals surface area (Å²) in [4.78, 5) is 21.3. The van der Waals surface area contributed by atoms with Crippen LogP contribution in [0.3, 0.4) is 0 Å². The number of unbranched alkanes of at least 4 members (excludes halogenated alkanes) is 1. The molecule has 0 aliphatic carbocycles. The predicted octanol–water partition coefficient (Wildman–Crippen LogP) is 3.29. The molecule has 1 aliphatic heterocycles. The highest BCUT2D eigenvalue weighted by Gasteiger charge is 2.17. The zero-order valence-corrected chi connectivity index (χ0v) is 23.1. The van der Waals surface area contributed by atoms with E-state index in [4.69, 9.17) is 4.74 Å². The number of halogens is 1. The van der Waals surface area contributed by atoms with E-state index >= 15 is 0 Å². The number of anilines is 1. The zero-order chi connectivity index (χ0) is 23.2. The number of hydrogen-bond donors (Lipinski definition) is 3. The van der Waals surface area contributed by atoms with Gasteiger partial charge in [0.1, 0.15) is 5.60 Å². The number of carbonyl (C=O) groups excluding carboxylic acids is 1. The Kier molecular flexibility index (Phi) is 14.2. The first kappa shape index (κ1) is 29.3. The Morgan fingerprint density at radius 3 is 2.30 bits per heavy atom. The molecule has 0 radical (unpaired) electrons. The smallest absolute Gasteiger partial charge is 0.407 e. The number of nitrogens with zero attached hydrogens (tertiary/aromatic N) is 3. The maximum absolute atomic E-state index is 11.7. The second-order valence-corrected chi connectivity index (χ2v) is 8.99. The number of carbonyl (C=O) groups is 1. The van der Waals surface area contributed by atoms with Crippen molar-refractivity contribution in [3.8, 4) is 0 Å². The lowest BCUT2D eigenvalue weighted by molar-refractivity contribution is 0.0529. The Labute approximate surface area is 216 Å². The monoisotopic (exact) mass is 574 g/mol. The van der Waals surface area contributed by atoms with E-state index < -0.39 is 11.7 Å². The number of piperazine rings is 1. The molecule has 0 atom stereocenters.